The van der Waals surface area contributed by atoms with Crippen molar-refractivity contribution in [2.24, 2.45) is 0 Å². The lowest BCUT2D eigenvalue weighted by molar-refractivity contribution is 0.620. The van der Waals surface area contributed by atoms with E-state index in [1.165, 1.54) is 12.8 Å². The molecule has 0 aliphatic rings. The molecule has 0 aliphatic carbocycles. The molecule has 1 N–H and O–H groups in total. The third-order valence-electron chi connectivity index (χ3n) is 2.82. The van der Waals surface area contributed by atoms with E-state index >= 15 is 0 Å². The molecule has 1 heterocycles. The van der Waals surface area contributed by atoms with Crippen molar-refractivity contribution >= 4 is 5.69 Å². The predicted octanol–water partition coefficient (Wildman–Crippen LogP) is 2.86. The Kier molecular flexibility index (Phi) is 5.09. The Morgan fingerprint density at radius 1 is 1.31 bits per heavy atom. The molecule has 0 radical (unpaired) electrons. The maximum atomic E-state index is 11.4. The van der Waals surface area contributed by atoms with Crippen molar-refractivity contribution in [3.63, 3.8) is 0 Å². The maximum Gasteiger partial charge on any atom is 0.250 e. The molecule has 1 rings (SSSR count). The van der Waals surface area contributed by atoms with Crippen LogP contribution in [-0.4, -0.2) is 10.6 Å². The molecule has 0 amide bonds. The second-order valence-electron chi connectivity index (χ2n) is 4.08. The first kappa shape index (κ1) is 12.8. The van der Waals surface area contributed by atoms with Crippen LogP contribution >= 0.6 is 0 Å². The summed E-state index contributed by atoms with van der Waals surface area (Å²) in [6.45, 7) is 7.08. The van der Waals surface area contributed by atoms with E-state index in [-0.39, 0.29) is 5.56 Å². The topological polar surface area (TPSA) is 34.0 Å². The van der Waals surface area contributed by atoms with Crippen molar-refractivity contribution in [3.05, 3.63) is 28.7 Å². The normalized spacial score (nSPS) is 12.4. The first-order valence-corrected chi connectivity index (χ1v) is 6.18. The van der Waals surface area contributed by atoms with Gasteiger partial charge in [0.05, 0.1) is 5.69 Å². The molecule has 0 fully saturated rings. The smallest absolute Gasteiger partial charge is 0.250 e. The van der Waals surface area contributed by atoms with Crippen LogP contribution in [0.5, 0.6) is 0 Å². The van der Waals surface area contributed by atoms with Gasteiger partial charge in [0.15, 0.2) is 0 Å². The Bertz CT molecular complexity index is 370. The Hall–Kier alpha value is -1.25. The molecule has 0 bridgehead atoms. The largest absolute Gasteiger partial charge is 0.381 e. The van der Waals surface area contributed by atoms with Gasteiger partial charge in [0.1, 0.15) is 0 Å². The third-order valence-corrected chi connectivity index (χ3v) is 2.82. The number of nitrogens with one attached hydrogen (secondary N) is 1. The van der Waals surface area contributed by atoms with Crippen LogP contribution in [0.2, 0.25) is 0 Å². The number of aryl methyl sites for hydroxylation is 1. The van der Waals surface area contributed by atoms with Gasteiger partial charge < -0.3 is 9.88 Å². The van der Waals surface area contributed by atoms with Gasteiger partial charge in [-0.05, 0) is 25.8 Å². The van der Waals surface area contributed by atoms with E-state index in [4.69, 9.17) is 0 Å². The molecular formula is C13H22N2O. The van der Waals surface area contributed by atoms with E-state index in [2.05, 4.69) is 19.2 Å². The van der Waals surface area contributed by atoms with Crippen molar-refractivity contribution < 1.29 is 0 Å². The van der Waals surface area contributed by atoms with Gasteiger partial charge in [0.2, 0.25) is 0 Å². The molecule has 3 heteroatoms. The van der Waals surface area contributed by atoms with Gasteiger partial charge in [-0.25, -0.2) is 0 Å². The minimum Gasteiger partial charge on any atom is -0.381 e. The van der Waals surface area contributed by atoms with Crippen LogP contribution in [0.1, 0.15) is 40.0 Å². The second-order valence-corrected chi connectivity index (χ2v) is 4.08. The summed E-state index contributed by atoms with van der Waals surface area (Å²) in [4.78, 5) is 11.4. The molecule has 90 valence electrons. The monoisotopic (exact) mass is 222 g/mol. The molecule has 0 spiro atoms. The van der Waals surface area contributed by atoms with Crippen LogP contribution in [0.3, 0.4) is 0 Å². The van der Waals surface area contributed by atoms with Crippen molar-refractivity contribution in [1.29, 1.82) is 0 Å². The molecule has 1 aromatic heterocycles. The number of hydrogen-bond donors (Lipinski definition) is 1. The maximum absolute atomic E-state index is 11.4. The highest BCUT2D eigenvalue weighted by Gasteiger charge is 2.05. The lowest BCUT2D eigenvalue weighted by atomic mass is 10.1. The lowest BCUT2D eigenvalue weighted by Crippen LogP contribution is -2.22. The van der Waals surface area contributed by atoms with E-state index in [0.29, 0.717) is 6.04 Å². The van der Waals surface area contributed by atoms with Gasteiger partial charge in [-0.2, -0.15) is 0 Å². The quantitative estimate of drug-likeness (QED) is 0.803. The SMILES string of the molecule is CCCC(CC)Nc1ccc(=O)n(CC)c1. The molecule has 16 heavy (non-hydrogen) atoms. The number of hydrogen-bond acceptors (Lipinski definition) is 2. The fourth-order valence-corrected chi connectivity index (χ4v) is 1.83. The van der Waals surface area contributed by atoms with Crippen LogP contribution in [0.15, 0.2) is 23.1 Å². The zero-order valence-corrected chi connectivity index (χ0v) is 10.5. The van der Waals surface area contributed by atoms with E-state index < -0.39 is 0 Å². The molecule has 1 atom stereocenters. The minimum atomic E-state index is 0.0663. The average molecular weight is 222 g/mol. The zero-order valence-electron chi connectivity index (χ0n) is 10.5. The summed E-state index contributed by atoms with van der Waals surface area (Å²) in [5.41, 5.74) is 1.11. The lowest BCUT2D eigenvalue weighted by Gasteiger charge is -2.18. The van der Waals surface area contributed by atoms with E-state index in [1.54, 1.807) is 10.6 Å². The second kappa shape index (κ2) is 6.36. The third kappa shape index (κ3) is 3.40. The summed E-state index contributed by atoms with van der Waals surface area (Å²) in [6, 6.07) is 4.00. The molecule has 0 aliphatic heterocycles. The Morgan fingerprint density at radius 3 is 2.62 bits per heavy atom. The van der Waals surface area contributed by atoms with Gasteiger partial charge in [0, 0.05) is 24.8 Å². The average Bonchev–Trinajstić information content (AvgIpc) is 2.30. The highest BCUT2D eigenvalue weighted by Crippen LogP contribution is 2.11. The first-order chi connectivity index (χ1) is 7.71. The summed E-state index contributed by atoms with van der Waals surface area (Å²) in [5, 5.41) is 3.47. The number of anilines is 1. The highest BCUT2D eigenvalue weighted by molar-refractivity contribution is 5.41. The van der Waals surface area contributed by atoms with Gasteiger partial charge in [0.25, 0.3) is 5.56 Å². The van der Waals surface area contributed by atoms with Crippen LogP contribution in [0.25, 0.3) is 0 Å². The van der Waals surface area contributed by atoms with Crippen LogP contribution in [-0.2, 0) is 6.54 Å². The van der Waals surface area contributed by atoms with Gasteiger partial charge in [-0.3, -0.25) is 4.79 Å². The fraction of sp³-hybridized carbons (Fsp3) is 0.615. The number of pyridine rings is 1. The molecule has 0 aromatic carbocycles. The summed E-state index contributed by atoms with van der Waals surface area (Å²) in [6.07, 6.45) is 5.36. The van der Waals surface area contributed by atoms with Crippen molar-refractivity contribution in [2.45, 2.75) is 52.6 Å². The summed E-state index contributed by atoms with van der Waals surface area (Å²) < 4.78 is 1.72. The predicted molar refractivity (Wildman–Crippen MR) is 69.0 cm³/mol. The van der Waals surface area contributed by atoms with Crippen LogP contribution in [0, 0.1) is 0 Å². The Morgan fingerprint density at radius 2 is 2.06 bits per heavy atom. The minimum absolute atomic E-state index is 0.0663. The Balaban J connectivity index is 2.76. The van der Waals surface area contributed by atoms with Crippen LogP contribution < -0.4 is 10.9 Å². The van der Waals surface area contributed by atoms with Crippen molar-refractivity contribution in [3.8, 4) is 0 Å². The van der Waals surface area contributed by atoms with Crippen LogP contribution in [0.4, 0.5) is 5.69 Å². The molecule has 1 unspecified atom stereocenters. The Labute approximate surface area is 97.5 Å². The highest BCUT2D eigenvalue weighted by atomic mass is 16.1. The van der Waals surface area contributed by atoms with E-state index in [9.17, 15) is 4.79 Å². The molecular weight excluding hydrogens is 200 g/mol. The first-order valence-electron chi connectivity index (χ1n) is 6.18. The van der Waals surface area contributed by atoms with Crippen molar-refractivity contribution in [1.82, 2.24) is 4.57 Å². The number of nitrogens with zero attached hydrogens (tertiary/aromatic N) is 1. The van der Waals surface area contributed by atoms with Gasteiger partial charge in [-0.15, -0.1) is 0 Å². The summed E-state index contributed by atoms with van der Waals surface area (Å²) in [5.74, 6) is 0. The standard InChI is InChI=1S/C13H22N2O/c1-4-7-11(5-2)14-12-8-9-13(16)15(6-3)10-12/h8-11,14H,4-7H2,1-3H3. The summed E-state index contributed by atoms with van der Waals surface area (Å²) in [7, 11) is 0. The molecule has 1 aromatic rings. The van der Waals surface area contributed by atoms with E-state index in [1.807, 2.05) is 19.2 Å². The van der Waals surface area contributed by atoms with Gasteiger partial charge >= 0.3 is 0 Å². The van der Waals surface area contributed by atoms with Crippen molar-refractivity contribution in [2.75, 3.05) is 5.32 Å². The fourth-order valence-electron chi connectivity index (χ4n) is 1.83. The zero-order chi connectivity index (χ0) is 12.0. The number of rotatable bonds is 6. The number of aromatic nitrogens is 1. The van der Waals surface area contributed by atoms with E-state index in [0.717, 1.165) is 18.7 Å². The molecule has 3 nitrogen and oxygen atoms in total. The molecule has 0 saturated carbocycles. The van der Waals surface area contributed by atoms with Gasteiger partial charge in [-0.1, -0.05) is 20.3 Å². The summed E-state index contributed by atoms with van der Waals surface area (Å²) >= 11 is 0. The molecule has 0 saturated heterocycles.